The number of piperidine rings is 1. The number of carbonyl (C=O) groups excluding carboxylic acids is 1. The normalized spacial score (nSPS) is 29.3. The largest absolute Gasteiger partial charge is 0.338 e. The third-order valence-corrected chi connectivity index (χ3v) is 4.90. The molecule has 4 rings (SSSR count). The van der Waals surface area contributed by atoms with E-state index in [9.17, 15) is 4.79 Å². The second kappa shape index (κ2) is 4.84. The van der Waals surface area contributed by atoms with E-state index in [0.717, 1.165) is 38.9 Å². The lowest BCUT2D eigenvalue weighted by Gasteiger charge is -2.34. The molecule has 1 aromatic rings. The summed E-state index contributed by atoms with van der Waals surface area (Å²) >= 11 is 0. The van der Waals surface area contributed by atoms with Crippen molar-refractivity contribution in [2.45, 2.75) is 50.2 Å². The molecule has 1 unspecified atom stereocenters. The number of rotatable bonds is 3. The van der Waals surface area contributed by atoms with E-state index < -0.39 is 0 Å². The van der Waals surface area contributed by atoms with Crippen molar-refractivity contribution >= 4 is 5.91 Å². The fourth-order valence-corrected chi connectivity index (χ4v) is 3.62. The summed E-state index contributed by atoms with van der Waals surface area (Å²) in [5.41, 5.74) is 0. The SMILES string of the molecule is O=C1C(N2CCC(n3nccn3)CC2)CCN1C1CC1. The van der Waals surface area contributed by atoms with Gasteiger partial charge in [0.15, 0.2) is 0 Å². The second-order valence-electron chi connectivity index (χ2n) is 6.18. The minimum atomic E-state index is 0.141. The van der Waals surface area contributed by atoms with Gasteiger partial charge in [0, 0.05) is 25.7 Å². The van der Waals surface area contributed by atoms with Crippen LogP contribution in [-0.2, 0) is 4.79 Å². The average molecular weight is 275 g/mol. The van der Waals surface area contributed by atoms with E-state index in [0.29, 0.717) is 18.0 Å². The summed E-state index contributed by atoms with van der Waals surface area (Å²) in [4.78, 5) is 18.8. The van der Waals surface area contributed by atoms with Crippen LogP contribution < -0.4 is 0 Å². The topological polar surface area (TPSA) is 54.3 Å². The third kappa shape index (κ3) is 2.12. The van der Waals surface area contributed by atoms with Crippen LogP contribution in [0.1, 0.15) is 38.1 Å². The van der Waals surface area contributed by atoms with Gasteiger partial charge in [0.05, 0.1) is 24.5 Å². The van der Waals surface area contributed by atoms with Gasteiger partial charge in [-0.2, -0.15) is 15.0 Å². The Bertz CT molecular complexity index is 476. The number of hydrogen-bond donors (Lipinski definition) is 0. The molecule has 0 aromatic carbocycles. The van der Waals surface area contributed by atoms with Crippen molar-refractivity contribution in [1.82, 2.24) is 24.8 Å². The lowest BCUT2D eigenvalue weighted by atomic mass is 10.0. The summed E-state index contributed by atoms with van der Waals surface area (Å²) in [6, 6.07) is 1.11. The molecule has 1 atom stereocenters. The molecule has 2 aliphatic heterocycles. The van der Waals surface area contributed by atoms with Crippen LogP contribution in [0.15, 0.2) is 12.4 Å². The van der Waals surface area contributed by atoms with Crippen molar-refractivity contribution < 1.29 is 4.79 Å². The van der Waals surface area contributed by atoms with Gasteiger partial charge in [0.25, 0.3) is 0 Å². The van der Waals surface area contributed by atoms with E-state index in [-0.39, 0.29) is 6.04 Å². The van der Waals surface area contributed by atoms with Crippen molar-refractivity contribution in [1.29, 1.82) is 0 Å². The first kappa shape index (κ1) is 12.3. The molecule has 0 spiro atoms. The Morgan fingerprint density at radius 2 is 1.60 bits per heavy atom. The lowest BCUT2D eigenvalue weighted by Crippen LogP contribution is -2.46. The Hall–Kier alpha value is -1.43. The summed E-state index contributed by atoms with van der Waals surface area (Å²) in [7, 11) is 0. The maximum Gasteiger partial charge on any atom is 0.240 e. The van der Waals surface area contributed by atoms with Crippen LogP contribution in [0.4, 0.5) is 0 Å². The average Bonchev–Trinajstić information content (AvgIpc) is 3.02. The van der Waals surface area contributed by atoms with Gasteiger partial charge < -0.3 is 4.90 Å². The summed E-state index contributed by atoms with van der Waals surface area (Å²) in [6.07, 6.45) is 9.00. The molecule has 0 radical (unpaired) electrons. The van der Waals surface area contributed by atoms with Crippen LogP contribution in [-0.4, -0.2) is 62.4 Å². The summed E-state index contributed by atoms with van der Waals surface area (Å²) in [5, 5.41) is 8.47. The molecule has 2 saturated heterocycles. The highest BCUT2D eigenvalue weighted by molar-refractivity contribution is 5.84. The first-order valence-electron chi connectivity index (χ1n) is 7.73. The first-order chi connectivity index (χ1) is 9.83. The number of hydrogen-bond acceptors (Lipinski definition) is 4. The van der Waals surface area contributed by atoms with Gasteiger partial charge >= 0.3 is 0 Å². The smallest absolute Gasteiger partial charge is 0.240 e. The number of carbonyl (C=O) groups is 1. The van der Waals surface area contributed by atoms with Crippen LogP contribution in [0, 0.1) is 0 Å². The lowest BCUT2D eigenvalue weighted by molar-refractivity contribution is -0.133. The monoisotopic (exact) mass is 275 g/mol. The summed E-state index contributed by atoms with van der Waals surface area (Å²) in [5.74, 6) is 0.378. The molecule has 3 fully saturated rings. The molecule has 6 nitrogen and oxygen atoms in total. The molecule has 1 saturated carbocycles. The minimum absolute atomic E-state index is 0.141. The fraction of sp³-hybridized carbons (Fsp3) is 0.786. The highest BCUT2D eigenvalue weighted by Gasteiger charge is 2.43. The Labute approximate surface area is 118 Å². The minimum Gasteiger partial charge on any atom is -0.338 e. The highest BCUT2D eigenvalue weighted by atomic mass is 16.2. The zero-order valence-corrected chi connectivity index (χ0v) is 11.7. The van der Waals surface area contributed by atoms with E-state index in [2.05, 4.69) is 20.0 Å². The Balaban J connectivity index is 1.36. The fourth-order valence-electron chi connectivity index (χ4n) is 3.62. The maximum atomic E-state index is 12.5. The molecule has 0 bridgehead atoms. The third-order valence-electron chi connectivity index (χ3n) is 4.90. The molecule has 3 aliphatic rings. The molecular weight excluding hydrogens is 254 g/mol. The van der Waals surface area contributed by atoms with Gasteiger partial charge in [-0.3, -0.25) is 9.69 Å². The number of likely N-dealkylation sites (tertiary alicyclic amines) is 2. The van der Waals surface area contributed by atoms with Crippen LogP contribution in [0.5, 0.6) is 0 Å². The quantitative estimate of drug-likeness (QED) is 0.814. The van der Waals surface area contributed by atoms with Crippen molar-refractivity contribution in [2.75, 3.05) is 19.6 Å². The van der Waals surface area contributed by atoms with Crippen molar-refractivity contribution in [2.24, 2.45) is 0 Å². The predicted octanol–water partition coefficient (Wildman–Crippen LogP) is 0.678. The van der Waals surface area contributed by atoms with Crippen molar-refractivity contribution in [3.63, 3.8) is 0 Å². The van der Waals surface area contributed by atoms with Crippen LogP contribution in [0.2, 0.25) is 0 Å². The predicted molar refractivity (Wildman–Crippen MR) is 73.0 cm³/mol. The van der Waals surface area contributed by atoms with Gasteiger partial charge in [-0.1, -0.05) is 0 Å². The number of aromatic nitrogens is 3. The molecule has 3 heterocycles. The molecule has 6 heteroatoms. The van der Waals surface area contributed by atoms with Crippen molar-refractivity contribution in [3.8, 4) is 0 Å². The number of nitrogens with zero attached hydrogens (tertiary/aromatic N) is 5. The molecule has 1 aliphatic carbocycles. The second-order valence-corrected chi connectivity index (χ2v) is 6.18. The van der Waals surface area contributed by atoms with Gasteiger partial charge in [0.1, 0.15) is 0 Å². The van der Waals surface area contributed by atoms with Gasteiger partial charge in [-0.15, -0.1) is 0 Å². The van der Waals surface area contributed by atoms with Gasteiger partial charge in [-0.25, -0.2) is 0 Å². The summed E-state index contributed by atoms with van der Waals surface area (Å²) in [6.45, 7) is 2.94. The van der Waals surface area contributed by atoms with Crippen LogP contribution in [0.25, 0.3) is 0 Å². The molecule has 1 amide bonds. The van der Waals surface area contributed by atoms with Crippen LogP contribution in [0.3, 0.4) is 0 Å². The highest BCUT2D eigenvalue weighted by Crippen LogP contribution is 2.33. The first-order valence-corrected chi connectivity index (χ1v) is 7.73. The van der Waals surface area contributed by atoms with E-state index in [1.165, 1.54) is 12.8 Å². The van der Waals surface area contributed by atoms with Crippen LogP contribution >= 0.6 is 0 Å². The Morgan fingerprint density at radius 3 is 2.25 bits per heavy atom. The zero-order chi connectivity index (χ0) is 13.5. The molecule has 108 valence electrons. The van der Waals surface area contributed by atoms with Crippen molar-refractivity contribution in [3.05, 3.63) is 12.4 Å². The number of amides is 1. The standard InChI is InChI=1S/C14H21N5O/c20-14-13(5-10-18(14)11-1-2-11)17-8-3-12(4-9-17)19-15-6-7-16-19/h6-7,11-13H,1-5,8-10H2. The Kier molecular flexibility index (Phi) is 2.98. The molecule has 1 aromatic heterocycles. The maximum absolute atomic E-state index is 12.5. The van der Waals surface area contributed by atoms with E-state index in [1.807, 2.05) is 4.80 Å². The molecule has 20 heavy (non-hydrogen) atoms. The molecule has 0 N–H and O–H groups in total. The van der Waals surface area contributed by atoms with E-state index in [4.69, 9.17) is 0 Å². The molecular formula is C14H21N5O. The Morgan fingerprint density at radius 1 is 0.900 bits per heavy atom. The van der Waals surface area contributed by atoms with Gasteiger partial charge in [-0.05, 0) is 32.1 Å². The van der Waals surface area contributed by atoms with E-state index >= 15 is 0 Å². The van der Waals surface area contributed by atoms with Gasteiger partial charge in [0.2, 0.25) is 5.91 Å². The van der Waals surface area contributed by atoms with E-state index in [1.54, 1.807) is 12.4 Å². The zero-order valence-electron chi connectivity index (χ0n) is 11.7. The summed E-state index contributed by atoms with van der Waals surface area (Å²) < 4.78 is 0.